The van der Waals surface area contributed by atoms with Crippen LogP contribution in [0.25, 0.3) is 0 Å². The highest BCUT2D eigenvalue weighted by Crippen LogP contribution is 2.19. The van der Waals surface area contributed by atoms with Crippen molar-refractivity contribution in [2.24, 2.45) is 0 Å². The van der Waals surface area contributed by atoms with Gasteiger partial charge in [-0.2, -0.15) is 0 Å². The van der Waals surface area contributed by atoms with Crippen LogP contribution in [0.2, 0.25) is 0 Å². The molecule has 0 radical (unpaired) electrons. The molecule has 0 atom stereocenters. The van der Waals surface area contributed by atoms with Gasteiger partial charge >= 0.3 is 0 Å². The number of piperidine rings is 1. The van der Waals surface area contributed by atoms with E-state index in [9.17, 15) is 21.6 Å². The van der Waals surface area contributed by atoms with Gasteiger partial charge in [0.25, 0.3) is 0 Å². The van der Waals surface area contributed by atoms with Gasteiger partial charge in [-0.15, -0.1) is 0 Å². The van der Waals surface area contributed by atoms with Crippen molar-refractivity contribution in [1.29, 1.82) is 0 Å². The van der Waals surface area contributed by atoms with Gasteiger partial charge in [-0.05, 0) is 51.0 Å². The molecule has 124 valence electrons. The zero-order chi connectivity index (χ0) is 16.2. The number of sulfonamides is 1. The molecule has 1 fully saturated rings. The van der Waals surface area contributed by atoms with Gasteiger partial charge in [0.2, 0.25) is 10.0 Å². The lowest BCUT2D eigenvalue weighted by Gasteiger charge is -2.26. The zero-order valence-corrected chi connectivity index (χ0v) is 12.9. The first-order valence-electron chi connectivity index (χ1n) is 7.27. The summed E-state index contributed by atoms with van der Waals surface area (Å²) in [6.07, 6.45) is 4.08. The highest BCUT2D eigenvalue weighted by atomic mass is 32.2. The second-order valence-corrected chi connectivity index (χ2v) is 7.06. The molecule has 1 aliphatic rings. The van der Waals surface area contributed by atoms with E-state index < -0.39 is 32.4 Å². The second kappa shape index (κ2) is 7.43. The normalized spacial score (nSPS) is 16.9. The maximum Gasteiger partial charge on any atom is 0.243 e. The summed E-state index contributed by atoms with van der Waals surface area (Å²) in [7, 11) is -4.18. The Bertz CT molecular complexity index is 617. The van der Waals surface area contributed by atoms with Gasteiger partial charge in [-0.1, -0.05) is 6.42 Å². The number of hydrogen-bond donors (Lipinski definition) is 1. The van der Waals surface area contributed by atoms with Crippen molar-refractivity contribution in [2.75, 3.05) is 26.2 Å². The largest absolute Gasteiger partial charge is 0.303 e. The summed E-state index contributed by atoms with van der Waals surface area (Å²) in [5, 5.41) is 0. The topological polar surface area (TPSA) is 49.4 Å². The van der Waals surface area contributed by atoms with Crippen LogP contribution in [0.4, 0.5) is 13.2 Å². The minimum absolute atomic E-state index is 0.122. The van der Waals surface area contributed by atoms with Gasteiger partial charge in [0.05, 0.1) is 0 Å². The van der Waals surface area contributed by atoms with Gasteiger partial charge in [-0.3, -0.25) is 0 Å². The van der Waals surface area contributed by atoms with Crippen molar-refractivity contribution in [3.8, 4) is 0 Å². The van der Waals surface area contributed by atoms with Crippen LogP contribution < -0.4 is 4.72 Å². The molecular weight excluding hydrogens is 317 g/mol. The van der Waals surface area contributed by atoms with E-state index in [0.29, 0.717) is 12.5 Å². The molecule has 1 aliphatic heterocycles. The molecule has 22 heavy (non-hydrogen) atoms. The molecule has 0 amide bonds. The number of likely N-dealkylation sites (tertiary alicyclic amines) is 1. The quantitative estimate of drug-likeness (QED) is 0.640. The maximum atomic E-state index is 13.5. The molecule has 0 unspecified atom stereocenters. The van der Waals surface area contributed by atoms with E-state index >= 15 is 0 Å². The lowest BCUT2D eigenvalue weighted by molar-refractivity contribution is 0.227. The average Bonchev–Trinajstić information content (AvgIpc) is 2.50. The summed E-state index contributed by atoms with van der Waals surface area (Å²) < 4.78 is 65.5. The maximum absolute atomic E-state index is 13.5. The van der Waals surface area contributed by atoms with Crippen molar-refractivity contribution in [2.45, 2.75) is 30.6 Å². The molecule has 0 aliphatic carbocycles. The number of hydrogen-bond acceptors (Lipinski definition) is 3. The van der Waals surface area contributed by atoms with Crippen LogP contribution in [0.3, 0.4) is 0 Å². The van der Waals surface area contributed by atoms with Gasteiger partial charge in [0.15, 0.2) is 17.5 Å². The van der Waals surface area contributed by atoms with E-state index in [1.54, 1.807) is 0 Å². The van der Waals surface area contributed by atoms with E-state index in [1.165, 1.54) is 6.42 Å². The van der Waals surface area contributed by atoms with Crippen LogP contribution in [0.15, 0.2) is 17.0 Å². The fraction of sp³-hybridized carbons (Fsp3) is 0.571. The van der Waals surface area contributed by atoms with Gasteiger partial charge in [0, 0.05) is 6.54 Å². The Kier molecular flexibility index (Phi) is 5.82. The minimum atomic E-state index is -4.18. The van der Waals surface area contributed by atoms with E-state index in [4.69, 9.17) is 0 Å². The lowest BCUT2D eigenvalue weighted by atomic mass is 10.1. The molecule has 1 saturated heterocycles. The highest BCUT2D eigenvalue weighted by molar-refractivity contribution is 7.89. The Balaban J connectivity index is 1.90. The van der Waals surface area contributed by atoms with Crippen molar-refractivity contribution < 1.29 is 21.6 Å². The van der Waals surface area contributed by atoms with E-state index in [-0.39, 0.29) is 6.54 Å². The first-order valence-corrected chi connectivity index (χ1v) is 8.75. The summed E-state index contributed by atoms with van der Waals surface area (Å²) in [5.41, 5.74) is 0. The summed E-state index contributed by atoms with van der Waals surface area (Å²) in [4.78, 5) is 1.38. The molecule has 1 aromatic carbocycles. The fourth-order valence-electron chi connectivity index (χ4n) is 2.49. The van der Waals surface area contributed by atoms with E-state index in [1.807, 2.05) is 0 Å². The van der Waals surface area contributed by atoms with Crippen molar-refractivity contribution in [1.82, 2.24) is 9.62 Å². The SMILES string of the molecule is O=S(=O)(NCCCN1CCCCC1)c1ccc(F)c(F)c1F. The van der Waals surface area contributed by atoms with Crippen LogP contribution in [-0.4, -0.2) is 39.5 Å². The molecule has 1 heterocycles. The van der Waals surface area contributed by atoms with E-state index in [0.717, 1.165) is 38.5 Å². The molecule has 8 heteroatoms. The predicted octanol–water partition coefficient (Wildman–Crippen LogP) is 2.26. The van der Waals surface area contributed by atoms with Crippen LogP contribution in [0.1, 0.15) is 25.7 Å². The van der Waals surface area contributed by atoms with Gasteiger partial charge in [-0.25, -0.2) is 26.3 Å². The predicted molar refractivity (Wildman–Crippen MR) is 76.4 cm³/mol. The molecule has 2 rings (SSSR count). The number of rotatable bonds is 6. The van der Waals surface area contributed by atoms with E-state index in [2.05, 4.69) is 9.62 Å². The molecule has 0 aromatic heterocycles. The molecule has 0 saturated carbocycles. The smallest absolute Gasteiger partial charge is 0.243 e. The molecular formula is C14H19F3N2O2S. The van der Waals surface area contributed by atoms with Crippen molar-refractivity contribution in [3.05, 3.63) is 29.6 Å². The summed E-state index contributed by atoms with van der Waals surface area (Å²) in [6.45, 7) is 2.88. The van der Waals surface area contributed by atoms with Crippen LogP contribution >= 0.6 is 0 Å². The molecule has 0 spiro atoms. The first-order chi connectivity index (χ1) is 10.4. The van der Waals surface area contributed by atoms with Crippen LogP contribution in [0, 0.1) is 17.5 Å². The second-order valence-electron chi connectivity index (χ2n) is 5.33. The third-order valence-corrected chi connectivity index (χ3v) is 5.16. The number of benzene rings is 1. The van der Waals surface area contributed by atoms with Crippen molar-refractivity contribution >= 4 is 10.0 Å². The Morgan fingerprint density at radius 2 is 1.73 bits per heavy atom. The zero-order valence-electron chi connectivity index (χ0n) is 12.1. The Morgan fingerprint density at radius 3 is 2.41 bits per heavy atom. The number of halogens is 3. The average molecular weight is 336 g/mol. The number of nitrogens with zero attached hydrogens (tertiary/aromatic N) is 1. The highest BCUT2D eigenvalue weighted by Gasteiger charge is 2.23. The monoisotopic (exact) mass is 336 g/mol. The third kappa shape index (κ3) is 4.21. The Labute approximate surface area is 128 Å². The first kappa shape index (κ1) is 17.2. The molecule has 1 aromatic rings. The van der Waals surface area contributed by atoms with Crippen LogP contribution in [-0.2, 0) is 10.0 Å². The summed E-state index contributed by atoms with van der Waals surface area (Å²) >= 11 is 0. The minimum Gasteiger partial charge on any atom is -0.303 e. The molecule has 1 N–H and O–H groups in total. The van der Waals surface area contributed by atoms with Gasteiger partial charge < -0.3 is 4.90 Å². The molecule has 4 nitrogen and oxygen atoms in total. The standard InChI is InChI=1S/C14H19F3N2O2S/c15-11-5-6-12(14(17)13(11)16)22(20,21)18-7-4-10-19-8-2-1-3-9-19/h5-6,18H,1-4,7-10H2. The Hall–Kier alpha value is -1.12. The van der Waals surface area contributed by atoms with Gasteiger partial charge in [0.1, 0.15) is 4.90 Å². The van der Waals surface area contributed by atoms with Crippen LogP contribution in [0.5, 0.6) is 0 Å². The third-order valence-electron chi connectivity index (χ3n) is 3.68. The number of nitrogens with one attached hydrogen (secondary N) is 1. The fourth-order valence-corrected chi connectivity index (χ4v) is 3.63. The van der Waals surface area contributed by atoms with Crippen molar-refractivity contribution in [3.63, 3.8) is 0 Å². The Morgan fingerprint density at radius 1 is 1.05 bits per heavy atom. The lowest BCUT2D eigenvalue weighted by Crippen LogP contribution is -2.33. The molecule has 0 bridgehead atoms. The summed E-state index contributed by atoms with van der Waals surface area (Å²) in [6, 6.07) is 1.32. The summed E-state index contributed by atoms with van der Waals surface area (Å²) in [5.74, 6) is -4.89.